The van der Waals surface area contributed by atoms with Crippen molar-refractivity contribution in [1.82, 2.24) is 4.31 Å². The monoisotopic (exact) mass is 619 g/mol. The van der Waals surface area contributed by atoms with E-state index in [2.05, 4.69) is 11.1 Å². The van der Waals surface area contributed by atoms with Gasteiger partial charge in [-0.2, -0.15) is 13.2 Å². The lowest BCUT2D eigenvalue weighted by Crippen LogP contribution is -2.35. The average molecular weight is 620 g/mol. The molecule has 0 aliphatic rings. The molecule has 0 bridgehead atoms. The van der Waals surface area contributed by atoms with Gasteiger partial charge in [-0.05, 0) is 31.0 Å². The van der Waals surface area contributed by atoms with Crippen LogP contribution in [0.5, 0.6) is 28.7 Å². The first-order valence-corrected chi connectivity index (χ1v) is 13.3. The summed E-state index contributed by atoms with van der Waals surface area (Å²) in [4.78, 5) is -1.18. The minimum absolute atomic E-state index is 0.181. The molecule has 0 saturated heterocycles. The highest BCUT2D eigenvalue weighted by Gasteiger charge is 2.34. The largest absolute Gasteiger partial charge is 0.497 e. The number of rotatable bonds is 10. The first-order valence-electron chi connectivity index (χ1n) is 11.1. The zero-order valence-corrected chi connectivity index (χ0v) is 23.2. The van der Waals surface area contributed by atoms with Gasteiger partial charge in [-0.15, -0.1) is 0 Å². The lowest BCUT2D eigenvalue weighted by molar-refractivity contribution is -0.137. The number of alkyl halides is 3. The van der Waals surface area contributed by atoms with E-state index in [1.807, 2.05) is 0 Å². The van der Waals surface area contributed by atoms with Crippen molar-refractivity contribution in [2.45, 2.75) is 17.6 Å². The molecule has 0 fully saturated rings. The molecular weight excluding hydrogens is 597 g/mol. The van der Waals surface area contributed by atoms with Crippen LogP contribution in [0.3, 0.4) is 0 Å². The molecule has 1 N–H and O–H groups in total. The van der Waals surface area contributed by atoms with Crippen molar-refractivity contribution in [3.63, 3.8) is 0 Å². The van der Waals surface area contributed by atoms with Crippen molar-refractivity contribution in [1.29, 1.82) is 5.41 Å². The molecule has 0 saturated carbocycles. The minimum atomic E-state index is -4.97. The minimum Gasteiger partial charge on any atom is -0.497 e. The summed E-state index contributed by atoms with van der Waals surface area (Å²) in [6.07, 6.45) is -4.80. The van der Waals surface area contributed by atoms with Gasteiger partial charge >= 0.3 is 6.18 Å². The van der Waals surface area contributed by atoms with Crippen LogP contribution >= 0.6 is 11.9 Å². The maximum atomic E-state index is 15.2. The van der Waals surface area contributed by atoms with Crippen LogP contribution in [0.1, 0.15) is 11.1 Å². The first kappa shape index (κ1) is 31.5. The molecule has 0 amide bonds. The zero-order chi connectivity index (χ0) is 30.5. The highest BCUT2D eigenvalue weighted by atomic mass is 32.2. The van der Waals surface area contributed by atoms with E-state index in [4.69, 9.17) is 24.4 Å². The molecule has 3 rings (SSSR count). The SMILES string of the molecule is C=NSC(=N)N(Cc1ccc(OC)cc1OC)S(=O)(=O)c1cc(F)c(Oc2cc(OC)cc(C(F)(F)F)c2)cc1F. The second kappa shape index (κ2) is 12.6. The number of benzene rings is 3. The van der Waals surface area contributed by atoms with Gasteiger partial charge < -0.3 is 18.9 Å². The van der Waals surface area contributed by atoms with Gasteiger partial charge in [0, 0.05) is 41.8 Å². The highest BCUT2D eigenvalue weighted by Crippen LogP contribution is 2.38. The van der Waals surface area contributed by atoms with Gasteiger partial charge in [0.2, 0.25) is 0 Å². The lowest BCUT2D eigenvalue weighted by atomic mass is 10.2. The van der Waals surface area contributed by atoms with Gasteiger partial charge in [-0.1, -0.05) is 0 Å². The third-order valence-electron chi connectivity index (χ3n) is 5.41. The van der Waals surface area contributed by atoms with Crippen LogP contribution < -0.4 is 18.9 Å². The van der Waals surface area contributed by atoms with E-state index >= 15 is 8.78 Å². The number of methoxy groups -OCH3 is 3. The topological polar surface area (TPSA) is 111 Å². The summed E-state index contributed by atoms with van der Waals surface area (Å²) in [5.41, 5.74) is -0.936. The number of nitrogens with one attached hydrogen (secondary N) is 1. The number of hydrogen-bond acceptors (Lipinski definition) is 9. The summed E-state index contributed by atoms with van der Waals surface area (Å²) in [6.45, 7) is 2.64. The molecule has 0 aliphatic heterocycles. The zero-order valence-electron chi connectivity index (χ0n) is 21.6. The Morgan fingerprint density at radius 2 is 1.59 bits per heavy atom. The molecule has 0 spiro atoms. The molecule has 0 aromatic heterocycles. The van der Waals surface area contributed by atoms with Crippen LogP contribution in [-0.4, -0.2) is 45.9 Å². The standard InChI is InChI=1S/C25H22F5N3O6S2/c1-32-40-24(31)33(13-14-5-6-16(36-2)10-21(14)38-4)41(34,35)23-12-19(26)22(11-20(23)27)39-18-8-15(25(28,29)30)7-17(9-18)37-3/h5-12,31H,1,13H2,2-4H3. The van der Waals surface area contributed by atoms with E-state index in [9.17, 15) is 21.6 Å². The van der Waals surface area contributed by atoms with Gasteiger partial charge in [-0.3, -0.25) is 5.41 Å². The fourth-order valence-corrected chi connectivity index (χ4v) is 5.45. The summed E-state index contributed by atoms with van der Waals surface area (Å²) < 4.78 is 121. The Morgan fingerprint density at radius 3 is 2.17 bits per heavy atom. The second-order valence-electron chi connectivity index (χ2n) is 7.93. The fraction of sp³-hybridized carbons (Fsp3) is 0.200. The molecule has 41 heavy (non-hydrogen) atoms. The first-order chi connectivity index (χ1) is 19.2. The second-order valence-corrected chi connectivity index (χ2v) is 10.6. The predicted octanol–water partition coefficient (Wildman–Crippen LogP) is 6.28. The summed E-state index contributed by atoms with van der Waals surface area (Å²) in [6, 6.07) is 7.29. The van der Waals surface area contributed by atoms with E-state index in [1.54, 1.807) is 0 Å². The Balaban J connectivity index is 2.04. The summed E-state index contributed by atoms with van der Waals surface area (Å²) >= 11 is 0.357. The van der Waals surface area contributed by atoms with Crippen LogP contribution in [0.2, 0.25) is 0 Å². The van der Waals surface area contributed by atoms with E-state index in [0.717, 1.165) is 13.2 Å². The molecule has 0 atom stereocenters. The van der Waals surface area contributed by atoms with Crippen LogP contribution in [-0.2, 0) is 22.7 Å². The Kier molecular flexibility index (Phi) is 9.70. The third kappa shape index (κ3) is 7.18. The molecule has 0 heterocycles. The number of ether oxygens (including phenoxy) is 4. The van der Waals surface area contributed by atoms with E-state index in [1.165, 1.54) is 32.4 Å². The van der Waals surface area contributed by atoms with Crippen molar-refractivity contribution in [2.75, 3.05) is 21.3 Å². The van der Waals surface area contributed by atoms with Crippen LogP contribution in [0.15, 0.2) is 57.8 Å². The summed E-state index contributed by atoms with van der Waals surface area (Å²) in [5.74, 6) is -4.07. The van der Waals surface area contributed by atoms with Crippen molar-refractivity contribution >= 4 is 33.9 Å². The Morgan fingerprint density at radius 1 is 0.927 bits per heavy atom. The number of amidine groups is 1. The average Bonchev–Trinajstić information content (AvgIpc) is 2.92. The molecular formula is C25H22F5N3O6S2. The number of nitrogens with zero attached hydrogens (tertiary/aromatic N) is 2. The molecule has 0 radical (unpaired) electrons. The quantitative estimate of drug-likeness (QED) is 0.123. The van der Waals surface area contributed by atoms with Crippen molar-refractivity contribution in [2.24, 2.45) is 4.40 Å². The number of halogens is 5. The Labute approximate surface area is 236 Å². The van der Waals surface area contributed by atoms with Crippen molar-refractivity contribution in [3.8, 4) is 28.7 Å². The van der Waals surface area contributed by atoms with Crippen molar-refractivity contribution in [3.05, 3.63) is 71.3 Å². The van der Waals surface area contributed by atoms with Crippen LogP contribution in [0.4, 0.5) is 22.0 Å². The number of sulfonamides is 1. The summed E-state index contributed by atoms with van der Waals surface area (Å²) in [7, 11) is -1.15. The fourth-order valence-electron chi connectivity index (χ4n) is 3.45. The number of hydrogen-bond donors (Lipinski definition) is 1. The third-order valence-corrected chi connectivity index (χ3v) is 7.81. The Hall–Kier alpha value is -4.05. The maximum absolute atomic E-state index is 15.2. The van der Waals surface area contributed by atoms with E-state index in [0.29, 0.717) is 46.3 Å². The van der Waals surface area contributed by atoms with Crippen LogP contribution in [0, 0.1) is 17.0 Å². The molecule has 3 aromatic carbocycles. The molecule has 16 heteroatoms. The predicted molar refractivity (Wildman–Crippen MR) is 142 cm³/mol. The van der Waals surface area contributed by atoms with Gasteiger partial charge in [0.05, 0.1) is 33.4 Å². The lowest BCUT2D eigenvalue weighted by Gasteiger charge is -2.24. The van der Waals surface area contributed by atoms with E-state index < -0.39 is 61.5 Å². The molecule has 0 unspecified atom stereocenters. The Bertz CT molecular complexity index is 1570. The van der Waals surface area contributed by atoms with Crippen molar-refractivity contribution < 1.29 is 49.3 Å². The van der Waals surface area contributed by atoms with Gasteiger partial charge in [-0.25, -0.2) is 25.9 Å². The summed E-state index contributed by atoms with van der Waals surface area (Å²) in [5, 5.41) is 7.50. The highest BCUT2D eigenvalue weighted by molar-refractivity contribution is 8.13. The van der Waals surface area contributed by atoms with Gasteiger partial charge in [0.1, 0.15) is 33.7 Å². The van der Waals surface area contributed by atoms with Gasteiger partial charge in [0.15, 0.2) is 16.7 Å². The van der Waals surface area contributed by atoms with Gasteiger partial charge in [0.25, 0.3) is 10.0 Å². The molecule has 220 valence electrons. The molecule has 9 nitrogen and oxygen atoms in total. The normalized spacial score (nSPS) is 11.5. The smallest absolute Gasteiger partial charge is 0.416 e. The van der Waals surface area contributed by atoms with E-state index in [-0.39, 0.29) is 17.1 Å². The molecule has 3 aromatic rings. The molecule has 0 aliphatic carbocycles. The van der Waals surface area contributed by atoms with Crippen LogP contribution in [0.25, 0.3) is 0 Å². The maximum Gasteiger partial charge on any atom is 0.416 e.